The van der Waals surface area contributed by atoms with E-state index in [1.807, 2.05) is 26.8 Å². The Hall–Kier alpha value is -2.57. The average Bonchev–Trinajstić information content (AvgIpc) is 2.95. The molecule has 0 radical (unpaired) electrons. The van der Waals surface area contributed by atoms with Gasteiger partial charge in [0.25, 0.3) is 0 Å². The van der Waals surface area contributed by atoms with Crippen molar-refractivity contribution in [1.82, 2.24) is 19.9 Å². The van der Waals surface area contributed by atoms with Gasteiger partial charge in [-0.15, -0.1) is 0 Å². The van der Waals surface area contributed by atoms with Crippen LogP contribution in [0.2, 0.25) is 0 Å². The summed E-state index contributed by atoms with van der Waals surface area (Å²) in [5, 5.41) is 3.32. The molecular formula is C13H16N6O. The lowest BCUT2D eigenvalue weighted by Crippen LogP contribution is -2.10. The van der Waals surface area contributed by atoms with Crippen LogP contribution in [0.3, 0.4) is 0 Å². The highest BCUT2D eigenvalue weighted by molar-refractivity contribution is 5.83. The van der Waals surface area contributed by atoms with Gasteiger partial charge in [0.1, 0.15) is 17.0 Å². The van der Waals surface area contributed by atoms with Crippen LogP contribution in [0.4, 0.5) is 11.8 Å². The summed E-state index contributed by atoms with van der Waals surface area (Å²) in [4.78, 5) is 15.4. The lowest BCUT2D eigenvalue weighted by molar-refractivity contribution is 0.500. The molecule has 3 heterocycles. The van der Waals surface area contributed by atoms with E-state index in [1.165, 1.54) is 0 Å². The molecule has 20 heavy (non-hydrogen) atoms. The SMILES string of the molecule is Cc1cc(C(C)Nc2nc(N)nc3nc[nH]c23)c(C)o1. The van der Waals surface area contributed by atoms with Crippen LogP contribution < -0.4 is 11.1 Å². The van der Waals surface area contributed by atoms with Crippen molar-refractivity contribution in [3.63, 3.8) is 0 Å². The van der Waals surface area contributed by atoms with Gasteiger partial charge in [-0.2, -0.15) is 9.97 Å². The lowest BCUT2D eigenvalue weighted by Gasteiger charge is -2.14. The second-order valence-electron chi connectivity index (χ2n) is 4.77. The third-order valence-electron chi connectivity index (χ3n) is 3.20. The average molecular weight is 272 g/mol. The van der Waals surface area contributed by atoms with Crippen molar-refractivity contribution in [2.75, 3.05) is 11.1 Å². The molecule has 0 bridgehead atoms. The molecule has 1 unspecified atom stereocenters. The number of nitrogens with one attached hydrogen (secondary N) is 2. The van der Waals surface area contributed by atoms with E-state index >= 15 is 0 Å². The summed E-state index contributed by atoms with van der Waals surface area (Å²) in [7, 11) is 0. The van der Waals surface area contributed by atoms with Crippen LogP contribution in [0.5, 0.6) is 0 Å². The van der Waals surface area contributed by atoms with Crippen molar-refractivity contribution < 1.29 is 4.42 Å². The Morgan fingerprint density at radius 3 is 2.85 bits per heavy atom. The summed E-state index contributed by atoms with van der Waals surface area (Å²) in [6.07, 6.45) is 1.57. The number of rotatable bonds is 3. The molecule has 7 heteroatoms. The zero-order chi connectivity index (χ0) is 14.3. The highest BCUT2D eigenvalue weighted by atomic mass is 16.3. The minimum atomic E-state index is 0.0354. The molecule has 0 aliphatic heterocycles. The second-order valence-corrected chi connectivity index (χ2v) is 4.77. The number of nitrogens with zero attached hydrogens (tertiary/aromatic N) is 3. The van der Waals surface area contributed by atoms with Crippen LogP contribution in [0.1, 0.15) is 30.0 Å². The van der Waals surface area contributed by atoms with Crippen LogP contribution in [0.15, 0.2) is 16.8 Å². The summed E-state index contributed by atoms with van der Waals surface area (Å²) in [5.41, 5.74) is 8.08. The van der Waals surface area contributed by atoms with Gasteiger partial charge >= 0.3 is 0 Å². The predicted octanol–water partition coefficient (Wildman–Crippen LogP) is 2.32. The number of aryl methyl sites for hydroxylation is 2. The van der Waals surface area contributed by atoms with E-state index in [-0.39, 0.29) is 12.0 Å². The third kappa shape index (κ3) is 2.07. The third-order valence-corrected chi connectivity index (χ3v) is 3.20. The number of hydrogen-bond donors (Lipinski definition) is 3. The van der Waals surface area contributed by atoms with Gasteiger partial charge < -0.3 is 20.5 Å². The quantitative estimate of drug-likeness (QED) is 0.675. The van der Waals surface area contributed by atoms with Gasteiger partial charge in [-0.05, 0) is 26.8 Å². The van der Waals surface area contributed by atoms with E-state index in [0.717, 1.165) is 22.6 Å². The number of nitrogens with two attached hydrogens (primary N) is 1. The summed E-state index contributed by atoms with van der Waals surface area (Å²) >= 11 is 0. The maximum atomic E-state index is 5.70. The maximum Gasteiger partial charge on any atom is 0.224 e. The Bertz CT molecular complexity index is 759. The van der Waals surface area contributed by atoms with Gasteiger partial charge in [0.15, 0.2) is 11.5 Å². The molecule has 4 N–H and O–H groups in total. The Morgan fingerprint density at radius 2 is 2.15 bits per heavy atom. The van der Waals surface area contributed by atoms with Gasteiger partial charge in [-0.3, -0.25) is 0 Å². The number of furan rings is 1. The summed E-state index contributed by atoms with van der Waals surface area (Å²) in [6.45, 7) is 5.91. The molecule has 0 fully saturated rings. The normalized spacial score (nSPS) is 12.8. The molecule has 0 amide bonds. The molecular weight excluding hydrogens is 256 g/mol. The fraction of sp³-hybridized carbons (Fsp3) is 0.308. The molecule has 0 saturated carbocycles. The monoisotopic (exact) mass is 272 g/mol. The first-order valence-electron chi connectivity index (χ1n) is 6.34. The minimum absolute atomic E-state index is 0.0354. The highest BCUT2D eigenvalue weighted by Gasteiger charge is 2.16. The molecule has 0 saturated heterocycles. The van der Waals surface area contributed by atoms with Crippen LogP contribution in [0.25, 0.3) is 11.2 Å². The van der Waals surface area contributed by atoms with Crippen LogP contribution in [-0.2, 0) is 0 Å². The smallest absolute Gasteiger partial charge is 0.224 e. The number of aromatic nitrogens is 4. The zero-order valence-electron chi connectivity index (χ0n) is 11.6. The molecule has 3 rings (SSSR count). The van der Waals surface area contributed by atoms with Crippen LogP contribution >= 0.6 is 0 Å². The molecule has 104 valence electrons. The lowest BCUT2D eigenvalue weighted by atomic mass is 10.1. The van der Waals surface area contributed by atoms with E-state index in [9.17, 15) is 0 Å². The molecule has 0 aromatic carbocycles. The molecule has 3 aromatic rings. The van der Waals surface area contributed by atoms with E-state index in [0.29, 0.717) is 11.5 Å². The van der Waals surface area contributed by atoms with Gasteiger partial charge in [-0.1, -0.05) is 0 Å². The largest absolute Gasteiger partial charge is 0.466 e. The molecule has 1 atom stereocenters. The van der Waals surface area contributed by atoms with Gasteiger partial charge in [0.05, 0.1) is 12.4 Å². The molecule has 0 aliphatic carbocycles. The van der Waals surface area contributed by atoms with Gasteiger partial charge in [0, 0.05) is 5.56 Å². The molecule has 7 nitrogen and oxygen atoms in total. The van der Waals surface area contributed by atoms with Crippen molar-refractivity contribution in [2.45, 2.75) is 26.8 Å². The number of imidazole rings is 1. The van der Waals surface area contributed by atoms with Crippen molar-refractivity contribution in [2.24, 2.45) is 0 Å². The maximum absolute atomic E-state index is 5.70. The van der Waals surface area contributed by atoms with E-state index in [1.54, 1.807) is 6.33 Å². The van der Waals surface area contributed by atoms with Crippen molar-refractivity contribution >= 4 is 22.9 Å². The second kappa shape index (κ2) is 4.52. The first-order valence-corrected chi connectivity index (χ1v) is 6.34. The minimum Gasteiger partial charge on any atom is -0.466 e. The van der Waals surface area contributed by atoms with Gasteiger partial charge in [0.2, 0.25) is 5.95 Å². The van der Waals surface area contributed by atoms with Crippen molar-refractivity contribution in [3.8, 4) is 0 Å². The first-order chi connectivity index (χ1) is 9.54. The zero-order valence-corrected chi connectivity index (χ0v) is 11.6. The Labute approximate surface area is 115 Å². The number of H-pyrrole nitrogens is 1. The summed E-state index contributed by atoms with van der Waals surface area (Å²) in [5.74, 6) is 2.61. The summed E-state index contributed by atoms with van der Waals surface area (Å²) < 4.78 is 5.55. The van der Waals surface area contributed by atoms with Crippen molar-refractivity contribution in [3.05, 3.63) is 29.5 Å². The fourth-order valence-corrected chi connectivity index (χ4v) is 2.32. The highest BCUT2D eigenvalue weighted by Crippen LogP contribution is 2.26. The topological polar surface area (TPSA) is 106 Å². The van der Waals surface area contributed by atoms with E-state index < -0.39 is 0 Å². The summed E-state index contributed by atoms with van der Waals surface area (Å²) in [6, 6.07) is 2.05. The van der Waals surface area contributed by atoms with Gasteiger partial charge in [-0.25, -0.2) is 4.98 Å². The van der Waals surface area contributed by atoms with Crippen LogP contribution in [-0.4, -0.2) is 19.9 Å². The number of fused-ring (bicyclic) bond motifs is 1. The number of aromatic amines is 1. The Balaban J connectivity index is 1.96. The molecule has 0 spiro atoms. The molecule has 0 aliphatic rings. The number of nitrogen functional groups attached to an aromatic ring is 1. The number of anilines is 2. The standard InChI is InChI=1S/C13H16N6O/c1-6-4-9(8(3)20-6)7(2)17-12-10-11(16-5-15-10)18-13(14)19-12/h4-5,7H,1-3H3,(H4,14,15,16,17,18,19). The van der Waals surface area contributed by atoms with Crippen LogP contribution in [0, 0.1) is 13.8 Å². The Kier molecular flexibility index (Phi) is 2.81. The number of hydrogen-bond acceptors (Lipinski definition) is 6. The fourth-order valence-electron chi connectivity index (χ4n) is 2.32. The Morgan fingerprint density at radius 1 is 1.35 bits per heavy atom. The van der Waals surface area contributed by atoms with E-state index in [4.69, 9.17) is 10.2 Å². The van der Waals surface area contributed by atoms with Crippen molar-refractivity contribution in [1.29, 1.82) is 0 Å². The molecule has 3 aromatic heterocycles. The predicted molar refractivity (Wildman–Crippen MR) is 76.3 cm³/mol. The first kappa shape index (κ1) is 12.5. The van der Waals surface area contributed by atoms with E-state index in [2.05, 4.69) is 25.3 Å².